The molecule has 1 fully saturated rings. The summed E-state index contributed by atoms with van der Waals surface area (Å²) in [5, 5.41) is 11.4. The fourth-order valence-electron chi connectivity index (χ4n) is 4.22. The van der Waals surface area contributed by atoms with Crippen molar-refractivity contribution in [2.75, 3.05) is 6.54 Å². The number of hydrogen-bond acceptors (Lipinski definition) is 3. The molecule has 4 rings (SSSR count). The molecule has 1 aromatic carbocycles. The van der Waals surface area contributed by atoms with E-state index in [0.717, 1.165) is 56.3 Å². The second-order valence-corrected chi connectivity index (χ2v) is 7.61. The van der Waals surface area contributed by atoms with Gasteiger partial charge in [-0.15, -0.1) is 0 Å². The first kappa shape index (κ1) is 17.3. The van der Waals surface area contributed by atoms with Gasteiger partial charge in [-0.3, -0.25) is 4.79 Å². The van der Waals surface area contributed by atoms with Crippen LogP contribution in [0.3, 0.4) is 0 Å². The lowest BCUT2D eigenvalue weighted by molar-refractivity contribution is 0.0919. The lowest BCUT2D eigenvalue weighted by Crippen LogP contribution is -2.46. The first-order valence-electron chi connectivity index (χ1n) is 9.90. The molecule has 1 aromatic heterocycles. The summed E-state index contributed by atoms with van der Waals surface area (Å²) in [6.45, 7) is 5.29. The molecule has 2 atom stereocenters. The van der Waals surface area contributed by atoms with Gasteiger partial charge in [0.15, 0.2) is 5.69 Å². The van der Waals surface area contributed by atoms with Crippen LogP contribution in [0.5, 0.6) is 0 Å². The van der Waals surface area contributed by atoms with Crippen LogP contribution in [0.4, 0.5) is 0 Å². The average molecular weight is 352 g/mol. The van der Waals surface area contributed by atoms with E-state index in [-0.39, 0.29) is 11.9 Å². The molecule has 0 saturated carbocycles. The van der Waals surface area contributed by atoms with Gasteiger partial charge in [-0.2, -0.15) is 5.10 Å². The molecule has 138 valence electrons. The van der Waals surface area contributed by atoms with E-state index in [9.17, 15) is 4.79 Å². The van der Waals surface area contributed by atoms with Crippen molar-refractivity contribution < 1.29 is 4.79 Å². The lowest BCUT2D eigenvalue weighted by Gasteiger charge is -2.28. The van der Waals surface area contributed by atoms with E-state index in [1.54, 1.807) is 0 Å². The van der Waals surface area contributed by atoms with Crippen molar-refractivity contribution in [2.24, 2.45) is 0 Å². The maximum Gasteiger partial charge on any atom is 0.272 e. The monoisotopic (exact) mass is 352 g/mol. The Morgan fingerprint density at radius 1 is 1.31 bits per heavy atom. The maximum atomic E-state index is 12.9. The minimum Gasteiger partial charge on any atom is -0.348 e. The number of aryl methyl sites for hydroxylation is 1. The van der Waals surface area contributed by atoms with E-state index in [1.807, 2.05) is 4.68 Å². The molecular formula is C21H28N4O. The van der Waals surface area contributed by atoms with Gasteiger partial charge in [-0.05, 0) is 69.7 Å². The Bertz CT molecular complexity index is 793. The molecule has 2 aliphatic rings. The first-order valence-corrected chi connectivity index (χ1v) is 9.90. The molecule has 0 spiro atoms. The second kappa shape index (κ2) is 7.23. The Morgan fingerprint density at radius 2 is 2.12 bits per heavy atom. The van der Waals surface area contributed by atoms with E-state index >= 15 is 0 Å². The minimum absolute atomic E-state index is 0.00817. The topological polar surface area (TPSA) is 59.0 Å². The number of nitrogens with one attached hydrogen (secondary N) is 2. The molecule has 2 aromatic rings. The number of carbonyl (C=O) groups is 1. The van der Waals surface area contributed by atoms with Crippen LogP contribution in [-0.2, 0) is 19.3 Å². The van der Waals surface area contributed by atoms with Gasteiger partial charge in [0.2, 0.25) is 0 Å². The van der Waals surface area contributed by atoms with Crippen LogP contribution >= 0.6 is 0 Å². The van der Waals surface area contributed by atoms with E-state index in [2.05, 4.69) is 48.7 Å². The maximum absolute atomic E-state index is 12.9. The van der Waals surface area contributed by atoms with Gasteiger partial charge in [0.25, 0.3) is 5.91 Å². The third-order valence-electron chi connectivity index (χ3n) is 5.69. The van der Waals surface area contributed by atoms with Crippen LogP contribution in [0.2, 0.25) is 0 Å². The molecule has 2 heterocycles. The van der Waals surface area contributed by atoms with E-state index in [1.165, 1.54) is 11.3 Å². The summed E-state index contributed by atoms with van der Waals surface area (Å²) in [7, 11) is 0. The predicted molar refractivity (Wildman–Crippen MR) is 103 cm³/mol. The summed E-state index contributed by atoms with van der Waals surface area (Å²) in [5.41, 5.74) is 5.34. The molecule has 5 heteroatoms. The number of aromatic nitrogens is 2. The van der Waals surface area contributed by atoms with Crippen LogP contribution in [0.1, 0.15) is 60.4 Å². The fraction of sp³-hybridized carbons (Fsp3) is 0.524. The zero-order chi connectivity index (χ0) is 18.1. The van der Waals surface area contributed by atoms with E-state index in [4.69, 9.17) is 5.10 Å². The molecule has 1 aliphatic heterocycles. The van der Waals surface area contributed by atoms with Crippen molar-refractivity contribution in [3.8, 4) is 5.69 Å². The number of carbonyl (C=O) groups excluding carboxylic acids is 1. The van der Waals surface area contributed by atoms with Crippen LogP contribution in [-0.4, -0.2) is 34.3 Å². The quantitative estimate of drug-likeness (QED) is 0.890. The van der Waals surface area contributed by atoms with Crippen LogP contribution in [0.25, 0.3) is 5.69 Å². The minimum atomic E-state index is -0.00817. The number of rotatable bonds is 4. The predicted octanol–water partition coefficient (Wildman–Crippen LogP) is 2.79. The molecule has 5 nitrogen and oxygen atoms in total. The molecule has 2 N–H and O–H groups in total. The Labute approximate surface area is 155 Å². The van der Waals surface area contributed by atoms with Crippen LogP contribution < -0.4 is 10.6 Å². The molecular weight excluding hydrogens is 324 g/mol. The highest BCUT2D eigenvalue weighted by Gasteiger charge is 2.29. The summed E-state index contributed by atoms with van der Waals surface area (Å²) >= 11 is 0. The zero-order valence-electron chi connectivity index (χ0n) is 15.7. The Kier molecular flexibility index (Phi) is 4.81. The smallest absolute Gasteiger partial charge is 0.272 e. The zero-order valence-corrected chi connectivity index (χ0v) is 15.7. The molecule has 26 heavy (non-hydrogen) atoms. The number of fused-ring (bicyclic) bond motifs is 1. The standard InChI is InChI=1S/C21H28N4O/c1-3-15-7-9-17(10-8-15)25-19-6-4-5-18(19)20(24-25)21(26)23-16-11-12-22-14(2)13-16/h7-10,14,16,22H,3-6,11-13H2,1-2H3,(H,23,26). The SMILES string of the molecule is CCc1ccc(-n2nc(C(=O)NC3CCNC(C)C3)c3c2CCC3)cc1. The molecule has 0 radical (unpaired) electrons. The van der Waals surface area contributed by atoms with Crippen LogP contribution in [0, 0.1) is 0 Å². The van der Waals surface area contributed by atoms with Gasteiger partial charge in [-0.25, -0.2) is 4.68 Å². The molecule has 1 saturated heterocycles. The van der Waals surface area contributed by atoms with Gasteiger partial charge in [0.1, 0.15) is 0 Å². The van der Waals surface area contributed by atoms with Gasteiger partial charge in [-0.1, -0.05) is 19.1 Å². The third kappa shape index (κ3) is 3.28. The van der Waals surface area contributed by atoms with Crippen molar-refractivity contribution in [1.82, 2.24) is 20.4 Å². The number of hydrogen-bond donors (Lipinski definition) is 2. The number of nitrogens with zero attached hydrogens (tertiary/aromatic N) is 2. The summed E-state index contributed by atoms with van der Waals surface area (Å²) in [6, 6.07) is 9.21. The number of benzene rings is 1. The largest absolute Gasteiger partial charge is 0.348 e. The Hall–Kier alpha value is -2.14. The van der Waals surface area contributed by atoms with Gasteiger partial charge >= 0.3 is 0 Å². The molecule has 0 bridgehead atoms. The molecule has 1 amide bonds. The van der Waals surface area contributed by atoms with E-state index in [0.29, 0.717) is 11.7 Å². The summed E-state index contributed by atoms with van der Waals surface area (Å²) < 4.78 is 1.99. The van der Waals surface area contributed by atoms with Crippen molar-refractivity contribution in [2.45, 2.75) is 64.5 Å². The third-order valence-corrected chi connectivity index (χ3v) is 5.69. The second-order valence-electron chi connectivity index (χ2n) is 7.61. The number of piperidine rings is 1. The van der Waals surface area contributed by atoms with Gasteiger partial charge in [0, 0.05) is 23.3 Å². The lowest BCUT2D eigenvalue weighted by atomic mass is 10.0. The highest BCUT2D eigenvalue weighted by Crippen LogP contribution is 2.28. The Balaban J connectivity index is 1.59. The summed E-state index contributed by atoms with van der Waals surface area (Å²) in [4.78, 5) is 12.9. The highest BCUT2D eigenvalue weighted by molar-refractivity contribution is 5.94. The first-order chi connectivity index (χ1) is 12.7. The summed E-state index contributed by atoms with van der Waals surface area (Å²) in [6.07, 6.45) is 6.04. The van der Waals surface area contributed by atoms with Crippen molar-refractivity contribution in [1.29, 1.82) is 0 Å². The van der Waals surface area contributed by atoms with Gasteiger partial charge in [0.05, 0.1) is 5.69 Å². The highest BCUT2D eigenvalue weighted by atomic mass is 16.2. The Morgan fingerprint density at radius 3 is 2.85 bits per heavy atom. The van der Waals surface area contributed by atoms with Crippen molar-refractivity contribution in [3.63, 3.8) is 0 Å². The number of amides is 1. The molecule has 1 aliphatic carbocycles. The van der Waals surface area contributed by atoms with Crippen molar-refractivity contribution in [3.05, 3.63) is 46.8 Å². The normalized spacial score (nSPS) is 22.2. The fourth-order valence-corrected chi connectivity index (χ4v) is 4.22. The van der Waals surface area contributed by atoms with Gasteiger partial charge < -0.3 is 10.6 Å². The summed E-state index contributed by atoms with van der Waals surface area (Å²) in [5.74, 6) is -0.00817. The van der Waals surface area contributed by atoms with Crippen molar-refractivity contribution >= 4 is 5.91 Å². The van der Waals surface area contributed by atoms with E-state index < -0.39 is 0 Å². The molecule has 2 unspecified atom stereocenters. The van der Waals surface area contributed by atoms with Crippen LogP contribution in [0.15, 0.2) is 24.3 Å². The average Bonchev–Trinajstić information content (AvgIpc) is 3.24.